The summed E-state index contributed by atoms with van der Waals surface area (Å²) in [6.45, 7) is 1.94. The van der Waals surface area contributed by atoms with E-state index in [1.807, 2.05) is 19.1 Å². The first-order valence-electron chi connectivity index (χ1n) is 4.82. The third kappa shape index (κ3) is 2.44. The minimum atomic E-state index is 0.428. The Balaban J connectivity index is 2.30. The average molecular weight is 235 g/mol. The van der Waals surface area contributed by atoms with Gasteiger partial charge in [0.25, 0.3) is 0 Å². The van der Waals surface area contributed by atoms with Gasteiger partial charge in [-0.1, -0.05) is 23.7 Å². The highest BCUT2D eigenvalue weighted by Gasteiger charge is 2.03. The molecule has 0 bridgehead atoms. The summed E-state index contributed by atoms with van der Waals surface area (Å²) in [7, 11) is 0. The Morgan fingerprint density at radius 1 is 1.25 bits per heavy atom. The number of anilines is 1. The fourth-order valence-corrected chi connectivity index (χ4v) is 1.45. The van der Waals surface area contributed by atoms with Gasteiger partial charge in [-0.25, -0.2) is 0 Å². The molecule has 16 heavy (non-hydrogen) atoms. The SMILES string of the molecule is Cc1ccc(Cl)cc1Oc1cccc(N)n1. The molecule has 0 aliphatic rings. The first-order valence-corrected chi connectivity index (χ1v) is 5.19. The second kappa shape index (κ2) is 4.41. The third-order valence-corrected chi connectivity index (χ3v) is 2.34. The van der Waals surface area contributed by atoms with E-state index in [9.17, 15) is 0 Å². The van der Waals surface area contributed by atoms with Gasteiger partial charge in [-0.05, 0) is 30.7 Å². The van der Waals surface area contributed by atoms with Gasteiger partial charge in [0.1, 0.15) is 11.6 Å². The molecule has 0 saturated carbocycles. The summed E-state index contributed by atoms with van der Waals surface area (Å²) in [5.41, 5.74) is 6.56. The van der Waals surface area contributed by atoms with E-state index in [4.69, 9.17) is 22.1 Å². The molecule has 0 spiro atoms. The van der Waals surface area contributed by atoms with E-state index in [0.717, 1.165) is 5.56 Å². The Morgan fingerprint density at radius 2 is 2.06 bits per heavy atom. The largest absolute Gasteiger partial charge is 0.439 e. The van der Waals surface area contributed by atoms with Crippen LogP contribution >= 0.6 is 11.6 Å². The second-order valence-corrected chi connectivity index (χ2v) is 3.85. The number of pyridine rings is 1. The molecule has 1 aromatic heterocycles. The zero-order chi connectivity index (χ0) is 11.5. The maximum atomic E-state index is 5.89. The highest BCUT2D eigenvalue weighted by molar-refractivity contribution is 6.30. The average Bonchev–Trinajstić information content (AvgIpc) is 2.24. The predicted molar refractivity (Wildman–Crippen MR) is 64.9 cm³/mol. The predicted octanol–water partition coefficient (Wildman–Crippen LogP) is 3.42. The molecule has 82 valence electrons. The summed E-state index contributed by atoms with van der Waals surface area (Å²) in [6.07, 6.45) is 0. The van der Waals surface area contributed by atoms with E-state index < -0.39 is 0 Å². The van der Waals surface area contributed by atoms with Crippen LogP contribution in [0, 0.1) is 6.92 Å². The van der Waals surface area contributed by atoms with Gasteiger partial charge in [-0.3, -0.25) is 0 Å². The van der Waals surface area contributed by atoms with Crippen LogP contribution in [0.5, 0.6) is 11.6 Å². The monoisotopic (exact) mass is 234 g/mol. The molecule has 3 nitrogen and oxygen atoms in total. The Bertz CT molecular complexity index is 514. The number of halogens is 1. The third-order valence-electron chi connectivity index (χ3n) is 2.11. The van der Waals surface area contributed by atoms with Crippen molar-refractivity contribution < 1.29 is 4.74 Å². The van der Waals surface area contributed by atoms with Crippen molar-refractivity contribution in [3.63, 3.8) is 0 Å². The normalized spacial score (nSPS) is 10.1. The minimum Gasteiger partial charge on any atom is -0.439 e. The van der Waals surface area contributed by atoms with Gasteiger partial charge in [0.15, 0.2) is 0 Å². The number of rotatable bonds is 2. The molecule has 0 aliphatic carbocycles. The van der Waals surface area contributed by atoms with Gasteiger partial charge in [0, 0.05) is 11.1 Å². The summed E-state index contributed by atoms with van der Waals surface area (Å²) >= 11 is 5.89. The molecule has 0 fully saturated rings. The number of benzene rings is 1. The molecule has 0 radical (unpaired) electrons. The number of aryl methyl sites for hydroxylation is 1. The Kier molecular flexibility index (Phi) is 2.97. The van der Waals surface area contributed by atoms with Crippen LogP contribution in [0.3, 0.4) is 0 Å². The summed E-state index contributed by atoms with van der Waals surface area (Å²) in [4.78, 5) is 4.05. The van der Waals surface area contributed by atoms with E-state index in [1.165, 1.54) is 0 Å². The van der Waals surface area contributed by atoms with Gasteiger partial charge in [-0.2, -0.15) is 4.98 Å². The lowest BCUT2D eigenvalue weighted by Crippen LogP contribution is -1.94. The van der Waals surface area contributed by atoms with Crippen LogP contribution in [0.2, 0.25) is 5.02 Å². The number of nitrogen functional groups attached to an aromatic ring is 1. The van der Waals surface area contributed by atoms with E-state index in [2.05, 4.69) is 4.98 Å². The van der Waals surface area contributed by atoms with Crippen molar-refractivity contribution in [2.75, 3.05) is 5.73 Å². The number of hydrogen-bond acceptors (Lipinski definition) is 3. The quantitative estimate of drug-likeness (QED) is 0.866. The van der Waals surface area contributed by atoms with Crippen molar-refractivity contribution in [1.29, 1.82) is 0 Å². The van der Waals surface area contributed by atoms with Crippen molar-refractivity contribution in [3.05, 3.63) is 47.0 Å². The summed E-state index contributed by atoms with van der Waals surface area (Å²) in [5, 5.41) is 0.629. The lowest BCUT2D eigenvalue weighted by atomic mass is 10.2. The smallest absolute Gasteiger partial charge is 0.221 e. The van der Waals surface area contributed by atoms with Crippen LogP contribution in [-0.2, 0) is 0 Å². The molecule has 2 rings (SSSR count). The molecule has 4 heteroatoms. The molecule has 0 atom stereocenters. The highest BCUT2D eigenvalue weighted by atomic mass is 35.5. The first-order chi connectivity index (χ1) is 7.65. The summed E-state index contributed by atoms with van der Waals surface area (Å²) in [5.74, 6) is 1.58. The van der Waals surface area contributed by atoms with Crippen molar-refractivity contribution in [2.45, 2.75) is 6.92 Å². The number of aromatic nitrogens is 1. The van der Waals surface area contributed by atoms with Gasteiger partial charge in [0.2, 0.25) is 5.88 Å². The Morgan fingerprint density at radius 3 is 2.81 bits per heavy atom. The van der Waals surface area contributed by atoms with E-state index >= 15 is 0 Å². The molecule has 0 unspecified atom stereocenters. The van der Waals surface area contributed by atoms with Crippen LogP contribution in [0.15, 0.2) is 36.4 Å². The van der Waals surface area contributed by atoms with E-state index in [0.29, 0.717) is 22.5 Å². The minimum absolute atomic E-state index is 0.428. The fraction of sp³-hybridized carbons (Fsp3) is 0.0833. The maximum Gasteiger partial charge on any atom is 0.221 e. The molecule has 1 aromatic carbocycles. The standard InChI is InChI=1S/C12H11ClN2O/c1-8-5-6-9(13)7-10(8)16-12-4-2-3-11(14)15-12/h2-7H,1H3,(H2,14,15). The molecule has 0 aliphatic heterocycles. The van der Waals surface area contributed by atoms with Crippen LogP contribution in [0.25, 0.3) is 0 Å². The molecule has 2 N–H and O–H groups in total. The lowest BCUT2D eigenvalue weighted by molar-refractivity contribution is 0.460. The lowest BCUT2D eigenvalue weighted by Gasteiger charge is -2.08. The molecular weight excluding hydrogens is 224 g/mol. The Labute approximate surface area is 98.8 Å². The fourth-order valence-electron chi connectivity index (χ4n) is 1.28. The van der Waals surface area contributed by atoms with Crippen molar-refractivity contribution in [2.24, 2.45) is 0 Å². The van der Waals surface area contributed by atoms with Crippen LogP contribution in [0.1, 0.15) is 5.56 Å². The number of nitrogens with two attached hydrogens (primary N) is 1. The van der Waals surface area contributed by atoms with Crippen LogP contribution in [-0.4, -0.2) is 4.98 Å². The Hall–Kier alpha value is -1.74. The maximum absolute atomic E-state index is 5.89. The van der Waals surface area contributed by atoms with Crippen LogP contribution in [0.4, 0.5) is 5.82 Å². The number of ether oxygens (including phenoxy) is 1. The number of hydrogen-bond donors (Lipinski definition) is 1. The summed E-state index contributed by atoms with van der Waals surface area (Å²) in [6, 6.07) is 10.7. The van der Waals surface area contributed by atoms with Crippen molar-refractivity contribution in [1.82, 2.24) is 4.98 Å². The van der Waals surface area contributed by atoms with Gasteiger partial charge >= 0.3 is 0 Å². The zero-order valence-electron chi connectivity index (χ0n) is 8.77. The second-order valence-electron chi connectivity index (χ2n) is 3.41. The number of nitrogens with zero attached hydrogens (tertiary/aromatic N) is 1. The highest BCUT2D eigenvalue weighted by Crippen LogP contribution is 2.26. The topological polar surface area (TPSA) is 48.1 Å². The molecular formula is C12H11ClN2O. The zero-order valence-corrected chi connectivity index (χ0v) is 9.53. The molecule has 0 amide bonds. The first kappa shape index (κ1) is 10.8. The van der Waals surface area contributed by atoms with E-state index in [-0.39, 0.29) is 0 Å². The summed E-state index contributed by atoms with van der Waals surface area (Å²) < 4.78 is 5.60. The van der Waals surface area contributed by atoms with Crippen molar-refractivity contribution >= 4 is 17.4 Å². The van der Waals surface area contributed by atoms with Crippen molar-refractivity contribution in [3.8, 4) is 11.6 Å². The molecule has 1 heterocycles. The van der Waals surface area contributed by atoms with Gasteiger partial charge in [0.05, 0.1) is 0 Å². The van der Waals surface area contributed by atoms with Gasteiger partial charge < -0.3 is 10.5 Å². The molecule has 0 saturated heterocycles. The molecule has 2 aromatic rings. The van der Waals surface area contributed by atoms with Gasteiger partial charge in [-0.15, -0.1) is 0 Å². The van der Waals surface area contributed by atoms with E-state index in [1.54, 1.807) is 24.3 Å². The van der Waals surface area contributed by atoms with Crippen LogP contribution < -0.4 is 10.5 Å².